The van der Waals surface area contributed by atoms with E-state index in [1.807, 2.05) is 30.3 Å². The Hall–Kier alpha value is -3.63. The predicted octanol–water partition coefficient (Wildman–Crippen LogP) is 4.48. The number of halogens is 3. The fourth-order valence-electron chi connectivity index (χ4n) is 6.41. The molecule has 0 spiro atoms. The molecule has 3 aromatic rings. The van der Waals surface area contributed by atoms with Gasteiger partial charge in [-0.3, -0.25) is 4.79 Å². The van der Waals surface area contributed by atoms with Gasteiger partial charge in [0.25, 0.3) is 0 Å². The van der Waals surface area contributed by atoms with Gasteiger partial charge in [-0.05, 0) is 55.2 Å². The van der Waals surface area contributed by atoms with E-state index in [1.54, 1.807) is 16.6 Å². The zero-order chi connectivity index (χ0) is 27.3. The van der Waals surface area contributed by atoms with Gasteiger partial charge in [0.05, 0.1) is 17.3 Å². The molecule has 2 aliphatic carbocycles. The van der Waals surface area contributed by atoms with E-state index in [0.717, 1.165) is 24.1 Å². The molecule has 206 valence electrons. The van der Waals surface area contributed by atoms with E-state index in [9.17, 15) is 22.8 Å². The van der Waals surface area contributed by atoms with Gasteiger partial charge in [0.2, 0.25) is 5.91 Å². The van der Waals surface area contributed by atoms with Gasteiger partial charge in [0, 0.05) is 31.2 Å². The summed E-state index contributed by atoms with van der Waals surface area (Å²) in [7, 11) is 0. The molecule has 6 rings (SSSR count). The van der Waals surface area contributed by atoms with Crippen LogP contribution in [-0.4, -0.2) is 39.3 Å². The molecule has 3 aliphatic rings. The molecule has 2 saturated carbocycles. The SMILES string of the molecule is NC(=O)OC(Cc1ccccc1)c1nc2ccc(C[C@H]3C[C@@H](C(F)(F)F)CNC3=O)nn2c1C1C[C@@H]2C[C@H]2C1. The monoisotopic (exact) mass is 541 g/mol. The molecule has 1 aromatic carbocycles. The molecule has 0 radical (unpaired) electrons. The highest BCUT2D eigenvalue weighted by molar-refractivity contribution is 5.79. The lowest BCUT2D eigenvalue weighted by atomic mass is 9.86. The van der Waals surface area contributed by atoms with Crippen LogP contribution >= 0.6 is 0 Å². The first-order valence-electron chi connectivity index (χ1n) is 13.4. The van der Waals surface area contributed by atoms with Crippen molar-refractivity contribution < 1.29 is 27.5 Å². The van der Waals surface area contributed by atoms with Gasteiger partial charge in [-0.25, -0.2) is 14.3 Å². The maximum Gasteiger partial charge on any atom is 0.405 e. The van der Waals surface area contributed by atoms with Crippen LogP contribution in [0.2, 0.25) is 0 Å². The highest BCUT2D eigenvalue weighted by Gasteiger charge is 2.48. The van der Waals surface area contributed by atoms with E-state index in [2.05, 4.69) is 5.32 Å². The number of rotatable bonds is 7. The molecule has 1 aliphatic heterocycles. The number of carbonyl (C=O) groups is 2. The molecule has 39 heavy (non-hydrogen) atoms. The summed E-state index contributed by atoms with van der Waals surface area (Å²) in [6.07, 6.45) is -2.63. The van der Waals surface area contributed by atoms with Crippen LogP contribution < -0.4 is 11.1 Å². The van der Waals surface area contributed by atoms with Crippen molar-refractivity contribution in [2.24, 2.45) is 29.4 Å². The normalized spacial score (nSPS) is 25.8. The number of amides is 2. The fourth-order valence-corrected chi connectivity index (χ4v) is 6.41. The van der Waals surface area contributed by atoms with Crippen LogP contribution in [0, 0.1) is 23.7 Å². The van der Waals surface area contributed by atoms with E-state index in [0.29, 0.717) is 35.3 Å². The number of nitrogens with one attached hydrogen (secondary N) is 1. The Bertz CT molecular complexity index is 1380. The minimum atomic E-state index is -4.37. The quantitative estimate of drug-likeness (QED) is 0.458. The highest BCUT2D eigenvalue weighted by Crippen LogP contribution is 2.58. The second-order valence-corrected chi connectivity index (χ2v) is 11.1. The lowest BCUT2D eigenvalue weighted by molar-refractivity contribution is -0.183. The van der Waals surface area contributed by atoms with Crippen LogP contribution in [0.5, 0.6) is 0 Å². The van der Waals surface area contributed by atoms with E-state index in [-0.39, 0.29) is 18.8 Å². The minimum Gasteiger partial charge on any atom is -0.439 e. The largest absolute Gasteiger partial charge is 0.439 e. The first kappa shape index (κ1) is 25.6. The molecular formula is C28H30F3N5O3. The van der Waals surface area contributed by atoms with Crippen molar-refractivity contribution in [1.29, 1.82) is 0 Å². The number of piperidine rings is 1. The average molecular weight is 542 g/mol. The maximum absolute atomic E-state index is 13.4. The maximum atomic E-state index is 13.4. The van der Waals surface area contributed by atoms with Gasteiger partial charge in [-0.15, -0.1) is 0 Å². The van der Waals surface area contributed by atoms with E-state index < -0.39 is 42.7 Å². The van der Waals surface area contributed by atoms with Crippen LogP contribution in [-0.2, 0) is 22.4 Å². The number of hydrogen-bond donors (Lipinski definition) is 2. The number of aromatic nitrogens is 3. The smallest absolute Gasteiger partial charge is 0.405 e. The van der Waals surface area contributed by atoms with Gasteiger partial charge >= 0.3 is 12.3 Å². The molecule has 1 unspecified atom stereocenters. The summed E-state index contributed by atoms with van der Waals surface area (Å²) >= 11 is 0. The van der Waals surface area contributed by atoms with Crippen LogP contribution in [0.4, 0.5) is 18.0 Å². The van der Waals surface area contributed by atoms with Crippen molar-refractivity contribution in [3.63, 3.8) is 0 Å². The summed E-state index contributed by atoms with van der Waals surface area (Å²) in [5.41, 5.74) is 8.93. The number of imidazole rings is 1. The third kappa shape index (κ3) is 5.31. The number of fused-ring (bicyclic) bond motifs is 2. The van der Waals surface area contributed by atoms with Crippen LogP contribution in [0.25, 0.3) is 5.65 Å². The molecule has 3 N–H and O–H groups in total. The average Bonchev–Trinajstić information content (AvgIpc) is 3.32. The number of hydrogen-bond acceptors (Lipinski definition) is 5. The number of primary amides is 1. The summed E-state index contributed by atoms with van der Waals surface area (Å²) in [6, 6.07) is 13.1. The lowest BCUT2D eigenvalue weighted by Gasteiger charge is -2.30. The van der Waals surface area contributed by atoms with Crippen molar-refractivity contribution >= 4 is 17.6 Å². The molecule has 3 fully saturated rings. The van der Waals surface area contributed by atoms with Crippen molar-refractivity contribution in [2.45, 2.75) is 56.7 Å². The Labute approximate surface area is 223 Å². The van der Waals surface area contributed by atoms with Crippen LogP contribution in [0.3, 0.4) is 0 Å². The Morgan fingerprint density at radius 1 is 1.10 bits per heavy atom. The molecule has 1 saturated heterocycles. The van der Waals surface area contributed by atoms with E-state index in [1.165, 1.54) is 6.42 Å². The lowest BCUT2D eigenvalue weighted by Crippen LogP contribution is -2.47. The minimum absolute atomic E-state index is 0.0858. The summed E-state index contributed by atoms with van der Waals surface area (Å²) < 4.78 is 47.4. The molecule has 5 atom stereocenters. The highest BCUT2D eigenvalue weighted by atomic mass is 19.4. The summed E-state index contributed by atoms with van der Waals surface area (Å²) in [5, 5.41) is 7.19. The number of carbonyl (C=O) groups excluding carboxylic acids is 2. The number of nitrogens with two attached hydrogens (primary N) is 1. The predicted molar refractivity (Wildman–Crippen MR) is 134 cm³/mol. The molecule has 11 heteroatoms. The number of benzene rings is 1. The third-order valence-electron chi connectivity index (χ3n) is 8.43. The van der Waals surface area contributed by atoms with Gasteiger partial charge < -0.3 is 15.8 Å². The zero-order valence-electron chi connectivity index (χ0n) is 21.2. The zero-order valence-corrected chi connectivity index (χ0v) is 21.2. The van der Waals surface area contributed by atoms with E-state index in [4.69, 9.17) is 20.6 Å². The standard InChI is InChI=1S/C28H30F3N5O3/c29-28(30,31)20-12-19(26(37)33-14-20)13-21-6-7-23-34-24(22(39-27(32)38)8-15-4-2-1-3-5-15)25(36(23)35-21)18-10-16-9-17(16)11-18/h1-7,16-20,22H,8-14H2,(H2,32,38)(H,33,37)/t16-,17-,19+,20+,22?/m0/s1. The number of ether oxygens (including phenoxy) is 1. The topological polar surface area (TPSA) is 112 Å². The Morgan fingerprint density at radius 2 is 1.85 bits per heavy atom. The Morgan fingerprint density at radius 3 is 2.54 bits per heavy atom. The van der Waals surface area contributed by atoms with Gasteiger partial charge in [-0.1, -0.05) is 30.3 Å². The van der Waals surface area contributed by atoms with Crippen molar-refractivity contribution in [1.82, 2.24) is 19.9 Å². The molecular weight excluding hydrogens is 511 g/mol. The first-order valence-corrected chi connectivity index (χ1v) is 13.4. The van der Waals surface area contributed by atoms with Crippen molar-refractivity contribution in [3.8, 4) is 0 Å². The van der Waals surface area contributed by atoms with Crippen LogP contribution in [0.1, 0.15) is 60.4 Å². The molecule has 2 aromatic heterocycles. The van der Waals surface area contributed by atoms with Crippen molar-refractivity contribution in [2.75, 3.05) is 6.54 Å². The Balaban J connectivity index is 1.36. The van der Waals surface area contributed by atoms with Gasteiger partial charge in [-0.2, -0.15) is 18.3 Å². The third-order valence-corrected chi connectivity index (χ3v) is 8.43. The number of nitrogens with zero attached hydrogens (tertiary/aromatic N) is 3. The van der Waals surface area contributed by atoms with E-state index >= 15 is 0 Å². The Kier molecular flexibility index (Phi) is 6.47. The fraction of sp³-hybridized carbons (Fsp3) is 0.500. The molecule has 8 nitrogen and oxygen atoms in total. The van der Waals surface area contributed by atoms with Crippen molar-refractivity contribution in [3.05, 3.63) is 65.1 Å². The first-order chi connectivity index (χ1) is 18.7. The van der Waals surface area contributed by atoms with Crippen LogP contribution in [0.15, 0.2) is 42.5 Å². The molecule has 2 amide bonds. The molecule has 3 heterocycles. The second kappa shape index (κ2) is 9.84. The molecule has 0 bridgehead atoms. The summed E-state index contributed by atoms with van der Waals surface area (Å²) in [4.78, 5) is 29.2. The number of alkyl halides is 3. The van der Waals surface area contributed by atoms with Gasteiger partial charge in [0.1, 0.15) is 5.69 Å². The second-order valence-electron chi connectivity index (χ2n) is 11.1. The summed E-state index contributed by atoms with van der Waals surface area (Å²) in [6.45, 7) is -0.396. The summed E-state index contributed by atoms with van der Waals surface area (Å²) in [5.74, 6) is -1.32. The van der Waals surface area contributed by atoms with Gasteiger partial charge in [0.15, 0.2) is 11.8 Å².